The monoisotopic (exact) mass is 207 g/mol. The molecule has 2 nitrogen and oxygen atoms in total. The third kappa shape index (κ3) is 1.57. The molecule has 2 aromatic heterocycles. The van der Waals surface area contributed by atoms with Crippen molar-refractivity contribution in [3.63, 3.8) is 0 Å². The van der Waals surface area contributed by atoms with Crippen LogP contribution in [0.15, 0.2) is 29.0 Å². The minimum absolute atomic E-state index is 0.780. The molecule has 2 heterocycles. The Labute approximate surface area is 83.5 Å². The summed E-state index contributed by atoms with van der Waals surface area (Å²) in [5, 5.41) is 16.6. The van der Waals surface area contributed by atoms with Crippen LogP contribution in [0.1, 0.15) is 5.56 Å². The Hall–Kier alpha value is -1.31. The van der Waals surface area contributed by atoms with Crippen molar-refractivity contribution in [1.82, 2.24) is 0 Å². The fourth-order valence-electron chi connectivity index (χ4n) is 1.05. The summed E-state index contributed by atoms with van der Waals surface area (Å²) in [4.78, 5) is 2.22. The van der Waals surface area contributed by atoms with Crippen molar-refractivity contribution in [2.75, 3.05) is 0 Å². The summed E-state index contributed by atoms with van der Waals surface area (Å²) in [6, 6.07) is 8.28. The van der Waals surface area contributed by atoms with Gasteiger partial charge in [0.05, 0.1) is 4.88 Å². The van der Waals surface area contributed by atoms with Crippen LogP contribution in [-0.4, -0.2) is 0 Å². The number of nitrogens with zero attached hydrogens (tertiary/aromatic N) is 1. The molecule has 13 heavy (non-hydrogen) atoms. The molecule has 2 aromatic rings. The average Bonchev–Trinajstić information content (AvgIpc) is 2.71. The van der Waals surface area contributed by atoms with Gasteiger partial charge in [0.2, 0.25) is 0 Å². The molecule has 0 atom stereocenters. The molecule has 64 valence electrons. The topological polar surface area (TPSA) is 27.4 Å². The zero-order valence-corrected chi connectivity index (χ0v) is 8.19. The van der Waals surface area contributed by atoms with Crippen LogP contribution in [0.2, 0.25) is 0 Å². The second-order valence-corrected chi connectivity index (χ2v) is 4.21. The molecule has 0 fully saturated rings. The highest BCUT2D eigenvalue weighted by Gasteiger charge is 2.09. The molecular weight excluding hydrogens is 202 g/mol. The Kier molecular flexibility index (Phi) is 2.30. The van der Waals surface area contributed by atoms with Gasteiger partial charge in [0, 0.05) is 9.89 Å². The predicted octanol–water partition coefficient (Wildman–Crippen LogP) is 3.66. The Morgan fingerprint density at radius 2 is 2.15 bits per heavy atom. The highest BCUT2D eigenvalue weighted by Crippen LogP contribution is 2.32. The highest BCUT2D eigenvalue weighted by molar-refractivity contribution is 7.20. The lowest BCUT2D eigenvalue weighted by atomic mass is 10.2. The second kappa shape index (κ2) is 3.60. The van der Waals surface area contributed by atoms with E-state index < -0.39 is 0 Å². The minimum Gasteiger partial charge on any atom is -0.498 e. The van der Waals surface area contributed by atoms with Gasteiger partial charge in [-0.2, -0.15) is 0 Å². The third-order valence-electron chi connectivity index (χ3n) is 1.58. The van der Waals surface area contributed by atoms with Gasteiger partial charge in [-0.15, -0.1) is 22.7 Å². The van der Waals surface area contributed by atoms with Gasteiger partial charge < -0.3 is 5.21 Å². The van der Waals surface area contributed by atoms with E-state index in [2.05, 4.69) is 11.1 Å². The van der Waals surface area contributed by atoms with Crippen LogP contribution in [0, 0.1) is 11.3 Å². The average molecular weight is 207 g/mol. The van der Waals surface area contributed by atoms with Gasteiger partial charge in [0.25, 0.3) is 0 Å². The first-order valence-electron chi connectivity index (χ1n) is 3.61. The Balaban J connectivity index is 2.50. The van der Waals surface area contributed by atoms with Crippen molar-refractivity contribution in [3.8, 4) is 15.8 Å². The lowest BCUT2D eigenvalue weighted by Gasteiger charge is -1.88. The molecule has 4 heteroatoms. The van der Waals surface area contributed by atoms with Crippen LogP contribution in [-0.2, 0) is 0 Å². The standard InChI is InChI=1S/C9H5NOS2/c11-10-6-7-3-5-13-9(7)8-2-1-4-12-8/h1-5H. The molecule has 0 radical (unpaired) electrons. The zero-order valence-electron chi connectivity index (χ0n) is 6.56. The van der Waals surface area contributed by atoms with E-state index in [1.165, 1.54) is 0 Å². The normalized spacial score (nSPS) is 9.23. The van der Waals surface area contributed by atoms with Crippen LogP contribution in [0.4, 0.5) is 0 Å². The first kappa shape index (κ1) is 8.30. The van der Waals surface area contributed by atoms with Crippen molar-refractivity contribution in [2.24, 2.45) is 0 Å². The van der Waals surface area contributed by atoms with E-state index in [0.29, 0.717) is 0 Å². The quantitative estimate of drug-likeness (QED) is 0.656. The van der Waals surface area contributed by atoms with Crippen LogP contribution >= 0.6 is 22.7 Å². The number of hydrogen-bond acceptors (Lipinski definition) is 3. The molecule has 0 bridgehead atoms. The lowest BCUT2D eigenvalue weighted by molar-refractivity contribution is 1.81. The first-order chi connectivity index (χ1) is 6.42. The molecule has 0 amide bonds. The van der Waals surface area contributed by atoms with Gasteiger partial charge in [-0.3, -0.25) is 0 Å². The first-order valence-corrected chi connectivity index (χ1v) is 5.37. The number of hydrogen-bond donors (Lipinski definition) is 0. The fraction of sp³-hybridized carbons (Fsp3) is 0. The van der Waals surface area contributed by atoms with Crippen molar-refractivity contribution < 1.29 is 0 Å². The summed E-state index contributed by atoms with van der Waals surface area (Å²) < 4.78 is 0. The summed E-state index contributed by atoms with van der Waals surface area (Å²) in [6.45, 7) is 0. The summed E-state index contributed by atoms with van der Waals surface area (Å²) in [5.74, 6) is 0. The van der Waals surface area contributed by atoms with E-state index in [0.717, 1.165) is 15.3 Å². The predicted molar refractivity (Wildman–Crippen MR) is 57.3 cm³/mol. The van der Waals surface area contributed by atoms with Crippen LogP contribution < -0.4 is 0 Å². The summed E-state index contributed by atoms with van der Waals surface area (Å²) >= 11 is 3.24. The van der Waals surface area contributed by atoms with E-state index in [4.69, 9.17) is 0 Å². The molecular formula is C9H5NOS2. The van der Waals surface area contributed by atoms with Crippen molar-refractivity contribution in [1.29, 1.82) is 0 Å². The number of rotatable bonds is 1. The largest absolute Gasteiger partial charge is 0.498 e. The van der Waals surface area contributed by atoms with E-state index in [9.17, 15) is 5.21 Å². The molecule has 0 aliphatic heterocycles. The zero-order chi connectivity index (χ0) is 9.10. The minimum atomic E-state index is 0.780. The van der Waals surface area contributed by atoms with Crippen LogP contribution in [0.5, 0.6) is 0 Å². The molecule has 0 saturated heterocycles. The molecule has 0 spiro atoms. The van der Waals surface area contributed by atoms with Gasteiger partial charge in [-0.1, -0.05) is 6.07 Å². The Bertz CT molecular complexity index is 447. The van der Waals surface area contributed by atoms with Gasteiger partial charge in [-0.25, -0.2) is 0 Å². The van der Waals surface area contributed by atoms with E-state index in [-0.39, 0.29) is 0 Å². The van der Waals surface area contributed by atoms with Crippen molar-refractivity contribution in [2.45, 2.75) is 0 Å². The maximum Gasteiger partial charge on any atom is 0.338 e. The van der Waals surface area contributed by atoms with Crippen LogP contribution in [0.3, 0.4) is 0 Å². The maximum absolute atomic E-state index is 10.0. The van der Waals surface area contributed by atoms with Gasteiger partial charge in [-0.05, 0) is 22.9 Å². The van der Waals surface area contributed by atoms with Gasteiger partial charge >= 0.3 is 6.07 Å². The van der Waals surface area contributed by atoms with E-state index >= 15 is 0 Å². The molecule has 0 saturated carbocycles. The van der Waals surface area contributed by atoms with E-state index in [1.807, 2.05) is 29.0 Å². The van der Waals surface area contributed by atoms with Crippen molar-refractivity contribution >= 4 is 22.7 Å². The molecule has 0 aliphatic carbocycles. The Morgan fingerprint density at radius 1 is 1.23 bits per heavy atom. The molecule has 0 aromatic carbocycles. The van der Waals surface area contributed by atoms with E-state index in [1.54, 1.807) is 22.7 Å². The fourth-order valence-corrected chi connectivity index (χ4v) is 2.78. The molecule has 0 N–H and O–H groups in total. The maximum atomic E-state index is 10.0. The smallest absolute Gasteiger partial charge is 0.338 e. The molecule has 0 aliphatic rings. The summed E-state index contributed by atoms with van der Waals surface area (Å²) in [6.07, 6.45) is 0. The SMILES string of the molecule is [O-][N+]#Cc1ccsc1-c1cccs1. The van der Waals surface area contributed by atoms with Gasteiger partial charge in [0.15, 0.2) is 0 Å². The summed E-state index contributed by atoms with van der Waals surface area (Å²) in [7, 11) is 0. The highest BCUT2D eigenvalue weighted by atomic mass is 32.1. The lowest BCUT2D eigenvalue weighted by Crippen LogP contribution is -1.69. The number of thiophene rings is 2. The van der Waals surface area contributed by atoms with Crippen LogP contribution in [0.25, 0.3) is 14.8 Å². The van der Waals surface area contributed by atoms with Gasteiger partial charge in [0.1, 0.15) is 5.56 Å². The molecule has 0 unspecified atom stereocenters. The third-order valence-corrected chi connectivity index (χ3v) is 3.54. The van der Waals surface area contributed by atoms with Crippen molar-refractivity contribution in [3.05, 3.63) is 44.7 Å². The molecule has 2 rings (SSSR count). The second-order valence-electron chi connectivity index (χ2n) is 2.34. The Morgan fingerprint density at radius 3 is 2.85 bits per heavy atom. The summed E-state index contributed by atoms with van der Waals surface area (Å²) in [5.41, 5.74) is 0.780.